The number of hydrogen-bond acceptors (Lipinski definition) is 1. The number of rotatable bonds is 2. The van der Waals surface area contributed by atoms with Crippen LogP contribution in [0.2, 0.25) is 0 Å². The maximum Gasteiger partial charge on any atom is 0.0221 e. The summed E-state index contributed by atoms with van der Waals surface area (Å²) in [6, 6.07) is 0. The lowest BCUT2D eigenvalue weighted by Crippen LogP contribution is -2.49. The Morgan fingerprint density at radius 1 is 1.14 bits per heavy atom. The molecule has 0 aromatic carbocycles. The van der Waals surface area contributed by atoms with Gasteiger partial charge in [-0.15, -0.1) is 6.58 Å². The highest BCUT2D eigenvalue weighted by molar-refractivity contribution is 5.07. The minimum atomic E-state index is 0.414. The van der Waals surface area contributed by atoms with Crippen LogP contribution in [-0.4, -0.2) is 11.1 Å². The van der Waals surface area contributed by atoms with Gasteiger partial charge in [0.15, 0.2) is 0 Å². The van der Waals surface area contributed by atoms with Crippen LogP contribution in [-0.2, 0) is 0 Å². The van der Waals surface area contributed by atoms with E-state index in [4.69, 9.17) is 0 Å². The molecule has 14 heavy (non-hydrogen) atoms. The van der Waals surface area contributed by atoms with Crippen LogP contribution in [0.25, 0.3) is 0 Å². The van der Waals surface area contributed by atoms with Crippen molar-refractivity contribution in [2.75, 3.05) is 0 Å². The highest BCUT2D eigenvalue weighted by atomic mass is 15.1. The van der Waals surface area contributed by atoms with E-state index in [-0.39, 0.29) is 0 Å². The molecule has 1 N–H and O–H groups in total. The zero-order chi connectivity index (χ0) is 10.1. The fourth-order valence-corrected chi connectivity index (χ4v) is 3.34. The second-order valence-electron chi connectivity index (χ2n) is 5.52. The van der Waals surface area contributed by atoms with E-state index >= 15 is 0 Å². The molecule has 80 valence electrons. The highest BCUT2D eigenvalue weighted by Gasteiger charge is 2.43. The van der Waals surface area contributed by atoms with Crippen molar-refractivity contribution in [3.05, 3.63) is 12.7 Å². The minimum absolute atomic E-state index is 0.414. The molecular weight excluding hydrogens is 170 g/mol. The van der Waals surface area contributed by atoms with Gasteiger partial charge in [-0.05, 0) is 39.0 Å². The number of fused-ring (bicyclic) bond motifs is 2. The summed E-state index contributed by atoms with van der Waals surface area (Å²) in [6.07, 6.45) is 12.9. The van der Waals surface area contributed by atoms with Crippen molar-refractivity contribution in [1.29, 1.82) is 0 Å². The molecule has 0 aliphatic carbocycles. The molecule has 2 fully saturated rings. The largest absolute Gasteiger partial charge is 0.306 e. The van der Waals surface area contributed by atoms with E-state index in [1.807, 2.05) is 0 Å². The Labute approximate surface area is 88.0 Å². The summed E-state index contributed by atoms with van der Waals surface area (Å²) in [7, 11) is 0. The Balaban J connectivity index is 2.13. The first-order chi connectivity index (χ1) is 6.68. The van der Waals surface area contributed by atoms with Crippen LogP contribution in [0.5, 0.6) is 0 Å². The fraction of sp³-hybridized carbons (Fsp3) is 0.846. The van der Waals surface area contributed by atoms with Crippen molar-refractivity contribution >= 4 is 0 Å². The second-order valence-corrected chi connectivity index (χ2v) is 5.52. The molecule has 2 rings (SSSR count). The van der Waals surface area contributed by atoms with Crippen LogP contribution >= 0.6 is 0 Å². The Morgan fingerprint density at radius 2 is 1.93 bits per heavy atom. The first-order valence-electron chi connectivity index (χ1n) is 6.08. The van der Waals surface area contributed by atoms with E-state index in [1.54, 1.807) is 0 Å². The molecule has 0 radical (unpaired) electrons. The average molecular weight is 193 g/mol. The normalized spacial score (nSPS) is 42.9. The monoisotopic (exact) mass is 193 g/mol. The van der Waals surface area contributed by atoms with E-state index in [1.165, 1.54) is 44.9 Å². The summed E-state index contributed by atoms with van der Waals surface area (Å²) >= 11 is 0. The maximum absolute atomic E-state index is 3.91. The van der Waals surface area contributed by atoms with Crippen LogP contribution in [0.1, 0.15) is 58.3 Å². The molecule has 1 heteroatoms. The van der Waals surface area contributed by atoms with Gasteiger partial charge in [-0.1, -0.05) is 25.3 Å². The van der Waals surface area contributed by atoms with Crippen LogP contribution in [0.4, 0.5) is 0 Å². The molecule has 2 bridgehead atoms. The molecule has 2 saturated heterocycles. The van der Waals surface area contributed by atoms with Gasteiger partial charge in [-0.3, -0.25) is 0 Å². The third-order valence-corrected chi connectivity index (χ3v) is 4.14. The Morgan fingerprint density at radius 3 is 2.71 bits per heavy atom. The smallest absolute Gasteiger partial charge is 0.0221 e. The summed E-state index contributed by atoms with van der Waals surface area (Å²) in [5, 5.41) is 3.91. The van der Waals surface area contributed by atoms with Gasteiger partial charge < -0.3 is 5.32 Å². The quantitative estimate of drug-likeness (QED) is 0.663. The molecule has 0 saturated carbocycles. The van der Waals surface area contributed by atoms with E-state index in [0.29, 0.717) is 11.1 Å². The highest BCUT2D eigenvalue weighted by Crippen LogP contribution is 2.41. The van der Waals surface area contributed by atoms with Crippen molar-refractivity contribution in [1.82, 2.24) is 5.32 Å². The topological polar surface area (TPSA) is 12.0 Å². The second kappa shape index (κ2) is 3.69. The van der Waals surface area contributed by atoms with Gasteiger partial charge in [0.25, 0.3) is 0 Å². The van der Waals surface area contributed by atoms with Crippen molar-refractivity contribution in [3.63, 3.8) is 0 Å². The van der Waals surface area contributed by atoms with E-state index in [2.05, 4.69) is 24.9 Å². The lowest BCUT2D eigenvalue weighted by molar-refractivity contribution is 0.249. The van der Waals surface area contributed by atoms with Crippen molar-refractivity contribution in [2.24, 2.45) is 0 Å². The summed E-state index contributed by atoms with van der Waals surface area (Å²) in [5.74, 6) is 0. The van der Waals surface area contributed by atoms with Gasteiger partial charge in [0.2, 0.25) is 0 Å². The van der Waals surface area contributed by atoms with E-state index in [9.17, 15) is 0 Å². The minimum Gasteiger partial charge on any atom is -0.306 e. The summed E-state index contributed by atoms with van der Waals surface area (Å²) < 4.78 is 0. The Hall–Kier alpha value is -0.300. The van der Waals surface area contributed by atoms with Gasteiger partial charge in [0, 0.05) is 11.1 Å². The third-order valence-electron chi connectivity index (χ3n) is 4.14. The summed E-state index contributed by atoms with van der Waals surface area (Å²) in [5.41, 5.74) is 0.848. The van der Waals surface area contributed by atoms with Crippen molar-refractivity contribution in [2.45, 2.75) is 69.4 Å². The molecule has 0 aromatic heterocycles. The molecule has 0 amide bonds. The van der Waals surface area contributed by atoms with Gasteiger partial charge in [-0.25, -0.2) is 0 Å². The lowest BCUT2D eigenvalue weighted by atomic mass is 9.87. The molecule has 1 nitrogen and oxygen atoms in total. The van der Waals surface area contributed by atoms with Gasteiger partial charge >= 0.3 is 0 Å². The first-order valence-corrected chi connectivity index (χ1v) is 6.08. The molecular formula is C13H23N. The van der Waals surface area contributed by atoms with Crippen molar-refractivity contribution in [3.8, 4) is 0 Å². The molecule has 2 unspecified atom stereocenters. The average Bonchev–Trinajstić information content (AvgIpc) is 2.45. The fourth-order valence-electron chi connectivity index (χ4n) is 3.34. The standard InChI is InChI=1S/C13H23N/c1-3-7-13-9-6-4-5-8-12(2,14-13)10-11-13/h3,14H,1,4-11H2,2H3. The third kappa shape index (κ3) is 1.88. The van der Waals surface area contributed by atoms with Gasteiger partial charge in [-0.2, -0.15) is 0 Å². The van der Waals surface area contributed by atoms with Crippen molar-refractivity contribution < 1.29 is 0 Å². The lowest BCUT2D eigenvalue weighted by Gasteiger charge is -2.36. The molecule has 2 aliphatic rings. The van der Waals surface area contributed by atoms with Crippen LogP contribution < -0.4 is 5.32 Å². The molecule has 2 heterocycles. The van der Waals surface area contributed by atoms with E-state index in [0.717, 1.165) is 6.42 Å². The van der Waals surface area contributed by atoms with Gasteiger partial charge in [0.1, 0.15) is 0 Å². The number of hydrogen-bond donors (Lipinski definition) is 1. The van der Waals surface area contributed by atoms with Crippen LogP contribution in [0, 0.1) is 0 Å². The SMILES string of the molecule is C=CCC12CCCCCC(C)(CC1)N2. The summed E-state index contributed by atoms with van der Waals surface area (Å²) in [6.45, 7) is 6.31. The predicted octanol–water partition coefficient (Wildman–Crippen LogP) is 3.41. The zero-order valence-corrected chi connectivity index (χ0v) is 9.44. The van der Waals surface area contributed by atoms with Crippen LogP contribution in [0.15, 0.2) is 12.7 Å². The molecule has 0 spiro atoms. The first kappa shape index (κ1) is 10.2. The van der Waals surface area contributed by atoms with Gasteiger partial charge in [0.05, 0.1) is 0 Å². The maximum atomic E-state index is 3.91. The van der Waals surface area contributed by atoms with Crippen LogP contribution in [0.3, 0.4) is 0 Å². The Bertz CT molecular complexity index is 219. The molecule has 2 aliphatic heterocycles. The Kier molecular flexibility index (Phi) is 2.70. The van der Waals surface area contributed by atoms with E-state index < -0.39 is 0 Å². The summed E-state index contributed by atoms with van der Waals surface area (Å²) in [4.78, 5) is 0. The zero-order valence-electron chi connectivity index (χ0n) is 9.44. The predicted molar refractivity (Wildman–Crippen MR) is 61.4 cm³/mol. The molecule has 2 atom stereocenters. The molecule has 0 aromatic rings. The number of nitrogens with one attached hydrogen (secondary N) is 1.